The summed E-state index contributed by atoms with van der Waals surface area (Å²) in [6, 6.07) is 9.16. The van der Waals surface area contributed by atoms with E-state index in [1.165, 1.54) is 0 Å². The lowest BCUT2D eigenvalue weighted by molar-refractivity contribution is 0.462. The van der Waals surface area contributed by atoms with Crippen molar-refractivity contribution in [2.24, 2.45) is 5.73 Å². The van der Waals surface area contributed by atoms with Crippen molar-refractivity contribution in [1.82, 2.24) is 0 Å². The number of hydrogen-bond donors (Lipinski definition) is 2. The highest BCUT2D eigenvalue weighted by Crippen LogP contribution is 2.34. The molecule has 0 spiro atoms. The number of hydrogen-bond acceptors (Lipinski definition) is 3. The summed E-state index contributed by atoms with van der Waals surface area (Å²) >= 11 is 4.86. The molecule has 0 aliphatic carbocycles. The minimum absolute atomic E-state index is 0.221. The van der Waals surface area contributed by atoms with E-state index < -0.39 is 0 Å². The zero-order chi connectivity index (χ0) is 10.8. The van der Waals surface area contributed by atoms with Gasteiger partial charge in [0, 0.05) is 10.4 Å². The van der Waals surface area contributed by atoms with Crippen LogP contribution in [0.1, 0.15) is 16.5 Å². The van der Waals surface area contributed by atoms with Crippen LogP contribution >= 0.6 is 27.3 Å². The highest BCUT2D eigenvalue weighted by molar-refractivity contribution is 9.10. The molecule has 1 aromatic carbocycles. The van der Waals surface area contributed by atoms with Gasteiger partial charge in [0.15, 0.2) is 0 Å². The summed E-state index contributed by atoms with van der Waals surface area (Å²) in [4.78, 5) is 1.04. The minimum Gasteiger partial charge on any atom is -0.506 e. The maximum absolute atomic E-state index is 9.84. The number of benzene rings is 1. The maximum Gasteiger partial charge on any atom is 0.134 e. The smallest absolute Gasteiger partial charge is 0.134 e. The molecular formula is C11H10BrNOS. The summed E-state index contributed by atoms with van der Waals surface area (Å²) in [5.41, 5.74) is 6.80. The summed E-state index contributed by atoms with van der Waals surface area (Å²) < 4.78 is 0.673. The predicted molar refractivity (Wildman–Crippen MR) is 66.2 cm³/mol. The van der Waals surface area contributed by atoms with E-state index in [0.29, 0.717) is 4.47 Å². The molecule has 0 aliphatic rings. The number of aromatic hydroxyl groups is 1. The third-order valence-electron chi connectivity index (χ3n) is 2.20. The first kappa shape index (κ1) is 10.7. The Hall–Kier alpha value is -0.840. The zero-order valence-electron chi connectivity index (χ0n) is 7.85. The number of para-hydroxylation sites is 1. The molecule has 1 atom stereocenters. The third kappa shape index (κ3) is 2.07. The first-order valence-electron chi connectivity index (χ1n) is 4.46. The zero-order valence-corrected chi connectivity index (χ0v) is 10.3. The highest BCUT2D eigenvalue weighted by atomic mass is 79.9. The summed E-state index contributed by atoms with van der Waals surface area (Å²) in [5.74, 6) is 0.221. The average Bonchev–Trinajstić information content (AvgIpc) is 2.74. The van der Waals surface area contributed by atoms with Gasteiger partial charge in [0.05, 0.1) is 10.5 Å². The maximum atomic E-state index is 9.84. The van der Waals surface area contributed by atoms with E-state index in [9.17, 15) is 5.11 Å². The second kappa shape index (κ2) is 4.35. The summed E-state index contributed by atoms with van der Waals surface area (Å²) in [5, 5.41) is 11.8. The van der Waals surface area contributed by atoms with E-state index in [2.05, 4.69) is 15.9 Å². The van der Waals surface area contributed by atoms with Crippen LogP contribution in [0.15, 0.2) is 40.2 Å². The molecule has 0 aliphatic heterocycles. The standard InChI is InChI=1S/C11H10BrNOS/c12-8-4-1-3-7(11(8)14)10(13)9-5-2-6-15-9/h1-6,10,14H,13H2/t10-/m1/s1. The molecule has 15 heavy (non-hydrogen) atoms. The van der Waals surface area contributed by atoms with Gasteiger partial charge in [-0.15, -0.1) is 11.3 Å². The summed E-state index contributed by atoms with van der Waals surface area (Å²) in [7, 11) is 0. The van der Waals surface area contributed by atoms with Crippen molar-refractivity contribution in [2.75, 3.05) is 0 Å². The predicted octanol–water partition coefficient (Wildman–Crippen LogP) is 3.26. The molecule has 0 fully saturated rings. The Balaban J connectivity index is 2.42. The largest absolute Gasteiger partial charge is 0.506 e. The fourth-order valence-corrected chi connectivity index (χ4v) is 2.53. The second-order valence-corrected chi connectivity index (χ2v) is 5.00. The topological polar surface area (TPSA) is 46.2 Å². The SMILES string of the molecule is N[C@@H](c1cccs1)c1cccc(Br)c1O. The molecule has 0 saturated carbocycles. The molecule has 0 unspecified atom stereocenters. The number of halogens is 1. The van der Waals surface area contributed by atoms with Crippen LogP contribution in [0.5, 0.6) is 5.75 Å². The lowest BCUT2D eigenvalue weighted by Gasteiger charge is -2.12. The van der Waals surface area contributed by atoms with Crippen LogP contribution in [0, 0.1) is 0 Å². The Morgan fingerprint density at radius 2 is 2.07 bits per heavy atom. The second-order valence-electron chi connectivity index (χ2n) is 3.17. The Kier molecular flexibility index (Phi) is 3.09. The molecule has 0 bridgehead atoms. The Bertz CT molecular complexity index is 456. The molecule has 2 rings (SSSR count). The Morgan fingerprint density at radius 3 is 2.73 bits per heavy atom. The molecular weight excluding hydrogens is 274 g/mol. The van der Waals surface area contributed by atoms with Crippen molar-refractivity contribution in [3.8, 4) is 5.75 Å². The van der Waals surface area contributed by atoms with Crippen LogP contribution in [-0.2, 0) is 0 Å². The molecule has 0 radical (unpaired) electrons. The van der Waals surface area contributed by atoms with Gasteiger partial charge in [-0.05, 0) is 33.4 Å². The molecule has 2 aromatic rings. The van der Waals surface area contributed by atoms with Crippen molar-refractivity contribution in [3.05, 3.63) is 50.6 Å². The van der Waals surface area contributed by atoms with Crippen LogP contribution in [0.4, 0.5) is 0 Å². The van der Waals surface area contributed by atoms with Gasteiger partial charge in [0.2, 0.25) is 0 Å². The lowest BCUT2D eigenvalue weighted by atomic mass is 10.1. The van der Waals surface area contributed by atoms with Gasteiger partial charge in [-0.2, -0.15) is 0 Å². The van der Waals surface area contributed by atoms with Gasteiger partial charge in [-0.3, -0.25) is 0 Å². The van der Waals surface area contributed by atoms with Crippen LogP contribution < -0.4 is 5.73 Å². The molecule has 4 heteroatoms. The normalized spacial score (nSPS) is 12.7. The molecule has 3 N–H and O–H groups in total. The van der Waals surface area contributed by atoms with Gasteiger partial charge < -0.3 is 10.8 Å². The quantitative estimate of drug-likeness (QED) is 0.889. The van der Waals surface area contributed by atoms with E-state index in [4.69, 9.17) is 5.73 Å². The molecule has 1 aromatic heterocycles. The lowest BCUT2D eigenvalue weighted by Crippen LogP contribution is -2.10. The van der Waals surface area contributed by atoms with Crippen LogP contribution in [0.3, 0.4) is 0 Å². The molecule has 2 nitrogen and oxygen atoms in total. The van der Waals surface area contributed by atoms with Crippen LogP contribution in [0.25, 0.3) is 0 Å². The van der Waals surface area contributed by atoms with Crippen molar-refractivity contribution in [3.63, 3.8) is 0 Å². The molecule has 0 amide bonds. The molecule has 0 saturated heterocycles. The van der Waals surface area contributed by atoms with Gasteiger partial charge in [-0.1, -0.05) is 18.2 Å². The summed E-state index contributed by atoms with van der Waals surface area (Å²) in [6.45, 7) is 0. The molecule has 78 valence electrons. The molecule has 1 heterocycles. The third-order valence-corrected chi connectivity index (χ3v) is 3.80. The number of nitrogens with two attached hydrogens (primary N) is 1. The first-order valence-corrected chi connectivity index (χ1v) is 6.14. The van der Waals surface area contributed by atoms with E-state index in [0.717, 1.165) is 10.4 Å². The van der Waals surface area contributed by atoms with Crippen molar-refractivity contribution in [1.29, 1.82) is 0 Å². The average molecular weight is 284 g/mol. The number of thiophene rings is 1. The fourth-order valence-electron chi connectivity index (χ4n) is 1.40. The van der Waals surface area contributed by atoms with E-state index >= 15 is 0 Å². The van der Waals surface area contributed by atoms with Gasteiger partial charge >= 0.3 is 0 Å². The summed E-state index contributed by atoms with van der Waals surface area (Å²) in [6.07, 6.45) is 0. The minimum atomic E-state index is -0.262. The number of rotatable bonds is 2. The van der Waals surface area contributed by atoms with Crippen LogP contribution in [-0.4, -0.2) is 5.11 Å². The Labute approximate surface area is 100 Å². The van der Waals surface area contributed by atoms with E-state index in [1.54, 1.807) is 17.4 Å². The van der Waals surface area contributed by atoms with Gasteiger partial charge in [-0.25, -0.2) is 0 Å². The first-order chi connectivity index (χ1) is 7.20. The van der Waals surface area contributed by atoms with Crippen LogP contribution in [0.2, 0.25) is 0 Å². The van der Waals surface area contributed by atoms with Gasteiger partial charge in [0.25, 0.3) is 0 Å². The number of phenols is 1. The van der Waals surface area contributed by atoms with Crippen molar-refractivity contribution in [2.45, 2.75) is 6.04 Å². The van der Waals surface area contributed by atoms with E-state index in [-0.39, 0.29) is 11.8 Å². The van der Waals surface area contributed by atoms with Crippen molar-refractivity contribution < 1.29 is 5.11 Å². The number of phenolic OH excluding ortho intramolecular Hbond substituents is 1. The Morgan fingerprint density at radius 1 is 1.27 bits per heavy atom. The van der Waals surface area contributed by atoms with Gasteiger partial charge in [0.1, 0.15) is 5.75 Å². The van der Waals surface area contributed by atoms with E-state index in [1.807, 2.05) is 29.6 Å². The monoisotopic (exact) mass is 283 g/mol. The highest BCUT2D eigenvalue weighted by Gasteiger charge is 2.15. The fraction of sp³-hybridized carbons (Fsp3) is 0.0909. The van der Waals surface area contributed by atoms with Crippen molar-refractivity contribution >= 4 is 27.3 Å².